The minimum atomic E-state index is -0.878. The molecule has 0 aromatic rings. The molecule has 1 aliphatic rings. The van der Waals surface area contributed by atoms with Crippen LogP contribution in [0.5, 0.6) is 0 Å². The lowest BCUT2D eigenvalue weighted by Crippen LogP contribution is -2.51. The normalized spacial score (nSPS) is 22.7. The minimum Gasteiger partial charge on any atom is -0.428 e. The molecule has 0 saturated carbocycles. The van der Waals surface area contributed by atoms with Crippen LogP contribution < -0.4 is 5.73 Å². The van der Waals surface area contributed by atoms with Crippen molar-refractivity contribution < 1.29 is 28.5 Å². The molecule has 0 radical (unpaired) electrons. The van der Waals surface area contributed by atoms with Crippen molar-refractivity contribution >= 4 is 11.8 Å². The molecule has 2 N–H and O–H groups in total. The largest absolute Gasteiger partial charge is 0.428 e. The summed E-state index contributed by atoms with van der Waals surface area (Å²) in [5.74, 6) is -0.637. The Labute approximate surface area is 137 Å². The van der Waals surface area contributed by atoms with Gasteiger partial charge in [0.15, 0.2) is 5.78 Å². The summed E-state index contributed by atoms with van der Waals surface area (Å²) in [6.45, 7) is 8.60. The average molecular weight is 329 g/mol. The fraction of sp³-hybridized carbons (Fsp3) is 0.750. The van der Waals surface area contributed by atoms with Crippen molar-refractivity contribution in [2.75, 3.05) is 13.7 Å². The standard InChI is InChI=1S/C16H27NO6/c1-7-13(19)22-11-8-10(18)14(15(2,3)20-6)23-12(11)9-21-16(4,5)17/h8,12,14H,7,9,17H2,1-6H3. The zero-order chi connectivity index (χ0) is 17.8. The van der Waals surface area contributed by atoms with E-state index >= 15 is 0 Å². The van der Waals surface area contributed by atoms with Gasteiger partial charge in [-0.1, -0.05) is 6.92 Å². The van der Waals surface area contributed by atoms with Crippen LogP contribution >= 0.6 is 0 Å². The number of nitrogens with two attached hydrogens (primary N) is 1. The Kier molecular flexibility index (Phi) is 6.47. The van der Waals surface area contributed by atoms with E-state index in [9.17, 15) is 9.59 Å². The van der Waals surface area contributed by atoms with Gasteiger partial charge in [-0.2, -0.15) is 0 Å². The van der Waals surface area contributed by atoms with Gasteiger partial charge in [-0.3, -0.25) is 9.59 Å². The van der Waals surface area contributed by atoms with Gasteiger partial charge in [0.1, 0.15) is 23.7 Å². The highest BCUT2D eigenvalue weighted by atomic mass is 16.6. The van der Waals surface area contributed by atoms with Crippen molar-refractivity contribution in [1.82, 2.24) is 0 Å². The molecule has 0 bridgehead atoms. The number of hydrogen-bond donors (Lipinski definition) is 1. The molecular formula is C16H27NO6. The Morgan fingerprint density at radius 1 is 1.35 bits per heavy atom. The van der Waals surface area contributed by atoms with Gasteiger partial charge in [-0.15, -0.1) is 0 Å². The lowest BCUT2D eigenvalue weighted by atomic mass is 9.94. The Hall–Kier alpha value is -1.28. The molecule has 0 aliphatic carbocycles. The summed E-state index contributed by atoms with van der Waals surface area (Å²) < 4.78 is 21.8. The monoisotopic (exact) mass is 329 g/mol. The first-order valence-corrected chi connectivity index (χ1v) is 7.59. The van der Waals surface area contributed by atoms with Crippen LogP contribution in [0.1, 0.15) is 41.0 Å². The number of ketones is 1. The third-order valence-electron chi connectivity index (χ3n) is 3.45. The molecular weight excluding hydrogens is 302 g/mol. The van der Waals surface area contributed by atoms with Crippen molar-refractivity contribution in [1.29, 1.82) is 0 Å². The number of rotatable bonds is 7. The van der Waals surface area contributed by atoms with Crippen molar-refractivity contribution in [2.45, 2.75) is 64.6 Å². The Morgan fingerprint density at radius 2 is 1.96 bits per heavy atom. The Balaban J connectivity index is 3.01. The van der Waals surface area contributed by atoms with Crippen LogP contribution in [-0.2, 0) is 28.5 Å². The van der Waals surface area contributed by atoms with Gasteiger partial charge in [0.25, 0.3) is 0 Å². The molecule has 132 valence electrons. The summed E-state index contributed by atoms with van der Waals surface area (Å²) in [5, 5.41) is 0. The van der Waals surface area contributed by atoms with E-state index in [1.54, 1.807) is 34.6 Å². The van der Waals surface area contributed by atoms with Gasteiger partial charge in [0.2, 0.25) is 0 Å². The summed E-state index contributed by atoms with van der Waals surface area (Å²) in [5.41, 5.74) is 4.10. The predicted molar refractivity (Wildman–Crippen MR) is 83.4 cm³/mol. The molecule has 0 amide bonds. The number of carbonyl (C=O) groups excluding carboxylic acids is 2. The van der Waals surface area contributed by atoms with E-state index in [1.165, 1.54) is 13.2 Å². The summed E-state index contributed by atoms with van der Waals surface area (Å²) in [7, 11) is 1.50. The molecule has 1 rings (SSSR count). The zero-order valence-electron chi connectivity index (χ0n) is 14.7. The van der Waals surface area contributed by atoms with Crippen LogP contribution in [0.25, 0.3) is 0 Å². The first kappa shape index (κ1) is 19.8. The van der Waals surface area contributed by atoms with Gasteiger partial charge in [-0.05, 0) is 27.7 Å². The highest BCUT2D eigenvalue weighted by molar-refractivity contribution is 5.96. The number of methoxy groups -OCH3 is 1. The highest BCUT2D eigenvalue weighted by Crippen LogP contribution is 2.28. The van der Waals surface area contributed by atoms with Gasteiger partial charge < -0.3 is 24.7 Å². The average Bonchev–Trinajstić information content (AvgIpc) is 2.44. The second-order valence-corrected chi connectivity index (χ2v) is 6.50. The van der Waals surface area contributed by atoms with E-state index in [1.807, 2.05) is 0 Å². The van der Waals surface area contributed by atoms with Crippen molar-refractivity contribution in [2.24, 2.45) is 5.73 Å². The Bertz CT molecular complexity index is 477. The van der Waals surface area contributed by atoms with E-state index in [-0.39, 0.29) is 24.6 Å². The number of esters is 1. The maximum Gasteiger partial charge on any atom is 0.310 e. The molecule has 0 aromatic carbocycles. The molecule has 7 heteroatoms. The zero-order valence-corrected chi connectivity index (χ0v) is 14.7. The second-order valence-electron chi connectivity index (χ2n) is 6.50. The minimum absolute atomic E-state index is 0.0515. The third kappa shape index (κ3) is 5.69. The fourth-order valence-corrected chi connectivity index (χ4v) is 1.93. The molecule has 0 aromatic heterocycles. The number of carbonyl (C=O) groups is 2. The molecule has 2 unspecified atom stereocenters. The van der Waals surface area contributed by atoms with Crippen molar-refractivity contribution in [3.05, 3.63) is 11.8 Å². The molecule has 7 nitrogen and oxygen atoms in total. The third-order valence-corrected chi connectivity index (χ3v) is 3.45. The van der Waals surface area contributed by atoms with Crippen LogP contribution in [-0.4, -0.2) is 49.0 Å². The van der Waals surface area contributed by atoms with Crippen LogP contribution in [0.4, 0.5) is 0 Å². The number of hydrogen-bond acceptors (Lipinski definition) is 7. The van der Waals surface area contributed by atoms with E-state index in [4.69, 9.17) is 24.7 Å². The topological polar surface area (TPSA) is 97.1 Å². The van der Waals surface area contributed by atoms with Crippen LogP contribution in [0.15, 0.2) is 11.8 Å². The smallest absolute Gasteiger partial charge is 0.310 e. The predicted octanol–water partition coefficient (Wildman–Crippen LogP) is 1.30. The summed E-state index contributed by atoms with van der Waals surface area (Å²) in [6.07, 6.45) is -0.0781. The van der Waals surface area contributed by atoms with Gasteiger partial charge >= 0.3 is 5.97 Å². The summed E-state index contributed by atoms with van der Waals surface area (Å²) in [4.78, 5) is 23.8. The first-order chi connectivity index (χ1) is 10.5. The molecule has 1 heterocycles. The molecule has 0 fully saturated rings. The van der Waals surface area contributed by atoms with E-state index in [2.05, 4.69) is 0 Å². The van der Waals surface area contributed by atoms with E-state index in [0.717, 1.165) is 0 Å². The molecule has 23 heavy (non-hydrogen) atoms. The summed E-state index contributed by atoms with van der Waals surface area (Å²) >= 11 is 0. The SMILES string of the molecule is CCC(=O)OC1=CC(=O)C(C(C)(C)OC)OC1COC(C)(C)N. The first-order valence-electron chi connectivity index (χ1n) is 7.59. The van der Waals surface area contributed by atoms with E-state index in [0.29, 0.717) is 0 Å². The van der Waals surface area contributed by atoms with Gasteiger partial charge in [-0.25, -0.2) is 0 Å². The lowest BCUT2D eigenvalue weighted by Gasteiger charge is -2.37. The van der Waals surface area contributed by atoms with Crippen LogP contribution in [0.2, 0.25) is 0 Å². The number of ether oxygens (including phenoxy) is 4. The maximum absolute atomic E-state index is 12.3. The van der Waals surface area contributed by atoms with Crippen LogP contribution in [0, 0.1) is 0 Å². The van der Waals surface area contributed by atoms with Crippen molar-refractivity contribution in [3.8, 4) is 0 Å². The highest BCUT2D eigenvalue weighted by Gasteiger charge is 2.42. The Morgan fingerprint density at radius 3 is 2.43 bits per heavy atom. The van der Waals surface area contributed by atoms with Gasteiger partial charge in [0.05, 0.1) is 12.2 Å². The van der Waals surface area contributed by atoms with Gasteiger partial charge in [0, 0.05) is 19.6 Å². The van der Waals surface area contributed by atoms with Crippen LogP contribution in [0.3, 0.4) is 0 Å². The molecule has 0 spiro atoms. The fourth-order valence-electron chi connectivity index (χ4n) is 1.93. The van der Waals surface area contributed by atoms with E-state index < -0.39 is 29.5 Å². The quantitative estimate of drug-likeness (QED) is 0.555. The molecule has 2 atom stereocenters. The molecule has 0 saturated heterocycles. The lowest BCUT2D eigenvalue weighted by molar-refractivity contribution is -0.176. The van der Waals surface area contributed by atoms with Crippen molar-refractivity contribution in [3.63, 3.8) is 0 Å². The molecule has 1 aliphatic heterocycles. The summed E-state index contributed by atoms with van der Waals surface area (Å²) in [6, 6.07) is 0. The second kappa shape index (κ2) is 7.53. The maximum atomic E-state index is 12.3.